The van der Waals surface area contributed by atoms with Gasteiger partial charge in [0.2, 0.25) is 0 Å². The van der Waals surface area contributed by atoms with Gasteiger partial charge in [0, 0.05) is 17.3 Å². The monoisotopic (exact) mass is 346 g/mol. The average Bonchev–Trinajstić information content (AvgIpc) is 2.55. The molecule has 2 aromatic carbocycles. The second kappa shape index (κ2) is 8.36. The molecule has 0 unspecified atom stereocenters. The molecular weight excluding hydrogens is 328 g/mol. The summed E-state index contributed by atoms with van der Waals surface area (Å²) in [4.78, 5) is 23.7. The molecule has 2 aromatic rings. The van der Waals surface area contributed by atoms with Gasteiger partial charge in [-0.2, -0.15) is 0 Å². The topological polar surface area (TPSA) is 67.4 Å². The van der Waals surface area contributed by atoms with Gasteiger partial charge in [-0.3, -0.25) is 9.59 Å². The maximum absolute atomic E-state index is 11.9. The van der Waals surface area contributed by atoms with E-state index in [-0.39, 0.29) is 12.6 Å². The number of benzene rings is 2. The molecule has 0 saturated heterocycles. The number of amides is 2. The zero-order chi connectivity index (χ0) is 17.5. The summed E-state index contributed by atoms with van der Waals surface area (Å²) in [5, 5.41) is 5.72. The lowest BCUT2D eigenvalue weighted by Gasteiger charge is -2.10. The molecule has 0 atom stereocenters. The fraction of sp³-hybridized carbons (Fsp3) is 0.222. The van der Waals surface area contributed by atoms with E-state index in [1.54, 1.807) is 48.5 Å². The van der Waals surface area contributed by atoms with Crippen LogP contribution in [0.5, 0.6) is 5.75 Å². The molecule has 2 amide bonds. The number of carbonyl (C=O) groups excluding carboxylic acids is 2. The molecule has 0 aliphatic rings. The second-order valence-electron chi connectivity index (χ2n) is 5.45. The molecule has 0 heterocycles. The number of carbonyl (C=O) groups is 2. The Labute approximate surface area is 146 Å². The highest BCUT2D eigenvalue weighted by Gasteiger charge is 2.13. The highest BCUT2D eigenvalue weighted by atomic mass is 35.5. The maximum Gasteiger partial charge on any atom is 0.313 e. The Morgan fingerprint density at radius 2 is 1.62 bits per heavy atom. The van der Waals surface area contributed by atoms with Crippen molar-refractivity contribution in [2.45, 2.75) is 26.5 Å². The Morgan fingerprint density at radius 3 is 2.21 bits per heavy atom. The Kier molecular flexibility index (Phi) is 6.21. The van der Waals surface area contributed by atoms with E-state index in [2.05, 4.69) is 10.6 Å². The van der Waals surface area contributed by atoms with Crippen molar-refractivity contribution in [3.05, 3.63) is 59.1 Å². The lowest BCUT2D eigenvalue weighted by atomic mass is 10.2. The van der Waals surface area contributed by atoms with E-state index >= 15 is 0 Å². The molecule has 5 nitrogen and oxygen atoms in total. The molecule has 2 N–H and O–H groups in total. The smallest absolute Gasteiger partial charge is 0.313 e. The molecule has 0 radical (unpaired) electrons. The van der Waals surface area contributed by atoms with Crippen molar-refractivity contribution in [2.24, 2.45) is 0 Å². The Balaban J connectivity index is 1.84. The largest absolute Gasteiger partial charge is 0.491 e. The summed E-state index contributed by atoms with van der Waals surface area (Å²) < 4.78 is 5.52. The number of halogens is 1. The summed E-state index contributed by atoms with van der Waals surface area (Å²) in [7, 11) is 0. The number of ether oxygens (including phenoxy) is 1. The van der Waals surface area contributed by atoms with E-state index in [4.69, 9.17) is 16.3 Å². The molecule has 24 heavy (non-hydrogen) atoms. The van der Waals surface area contributed by atoms with Gasteiger partial charge in [-0.05, 0) is 55.8 Å². The maximum atomic E-state index is 11.9. The van der Waals surface area contributed by atoms with Gasteiger partial charge >= 0.3 is 11.8 Å². The quantitative estimate of drug-likeness (QED) is 0.815. The van der Waals surface area contributed by atoms with Crippen molar-refractivity contribution in [3.8, 4) is 5.75 Å². The van der Waals surface area contributed by atoms with Crippen LogP contribution in [-0.4, -0.2) is 17.9 Å². The minimum absolute atomic E-state index is 0.0732. The highest BCUT2D eigenvalue weighted by Crippen LogP contribution is 2.16. The normalized spacial score (nSPS) is 10.3. The number of nitrogens with one attached hydrogen (secondary N) is 2. The first kappa shape index (κ1) is 17.8. The van der Waals surface area contributed by atoms with Crippen LogP contribution in [0.2, 0.25) is 5.02 Å². The minimum atomic E-state index is -0.721. The van der Waals surface area contributed by atoms with E-state index in [1.165, 1.54) is 0 Å². The Hall–Kier alpha value is -2.53. The molecule has 6 heteroatoms. The van der Waals surface area contributed by atoms with Crippen LogP contribution in [0, 0.1) is 0 Å². The van der Waals surface area contributed by atoms with Crippen LogP contribution in [0.4, 0.5) is 5.69 Å². The van der Waals surface area contributed by atoms with Crippen LogP contribution in [-0.2, 0) is 16.1 Å². The zero-order valence-corrected chi connectivity index (χ0v) is 14.3. The molecule has 0 aliphatic carbocycles. The lowest BCUT2D eigenvalue weighted by Crippen LogP contribution is -2.34. The second-order valence-corrected chi connectivity index (χ2v) is 5.89. The van der Waals surface area contributed by atoms with Gasteiger partial charge in [0.15, 0.2) is 0 Å². The van der Waals surface area contributed by atoms with Crippen LogP contribution in [0.1, 0.15) is 19.4 Å². The zero-order valence-electron chi connectivity index (χ0n) is 13.5. The molecule has 0 aliphatic heterocycles. The first-order valence-corrected chi connectivity index (χ1v) is 7.92. The van der Waals surface area contributed by atoms with Crippen LogP contribution >= 0.6 is 11.6 Å². The lowest BCUT2D eigenvalue weighted by molar-refractivity contribution is -0.136. The molecule has 2 rings (SSSR count). The third-order valence-electron chi connectivity index (χ3n) is 3.06. The third kappa shape index (κ3) is 5.59. The summed E-state index contributed by atoms with van der Waals surface area (Å²) in [6, 6.07) is 13.9. The van der Waals surface area contributed by atoms with Crippen LogP contribution in [0.15, 0.2) is 48.5 Å². The van der Waals surface area contributed by atoms with Crippen molar-refractivity contribution in [3.63, 3.8) is 0 Å². The number of rotatable bonds is 5. The Bertz CT molecular complexity index is 697. The molecule has 0 saturated carbocycles. The van der Waals surface area contributed by atoms with Crippen molar-refractivity contribution in [1.29, 1.82) is 0 Å². The van der Waals surface area contributed by atoms with Gasteiger partial charge < -0.3 is 15.4 Å². The standard InChI is InChI=1S/C18H19ClN2O3/c1-12(2)24-16-9-7-15(8-10-16)21-18(23)17(22)20-11-13-3-5-14(19)6-4-13/h3-10,12H,11H2,1-2H3,(H,20,22)(H,21,23). The summed E-state index contributed by atoms with van der Waals surface area (Å²) in [5.74, 6) is -0.718. The minimum Gasteiger partial charge on any atom is -0.491 e. The van der Waals surface area contributed by atoms with Crippen LogP contribution < -0.4 is 15.4 Å². The predicted octanol–water partition coefficient (Wildman–Crippen LogP) is 3.38. The summed E-state index contributed by atoms with van der Waals surface area (Å²) in [6.45, 7) is 4.12. The van der Waals surface area contributed by atoms with E-state index < -0.39 is 11.8 Å². The van der Waals surface area contributed by atoms with Crippen LogP contribution in [0.3, 0.4) is 0 Å². The molecule has 126 valence electrons. The van der Waals surface area contributed by atoms with Gasteiger partial charge in [-0.25, -0.2) is 0 Å². The fourth-order valence-corrected chi connectivity index (χ4v) is 2.07. The third-order valence-corrected chi connectivity index (χ3v) is 3.31. The number of hydrogen-bond donors (Lipinski definition) is 2. The Morgan fingerprint density at radius 1 is 1.00 bits per heavy atom. The first-order chi connectivity index (χ1) is 11.4. The summed E-state index contributed by atoms with van der Waals surface area (Å²) in [6.07, 6.45) is 0.0732. The molecular formula is C18H19ClN2O3. The SMILES string of the molecule is CC(C)Oc1ccc(NC(=O)C(=O)NCc2ccc(Cl)cc2)cc1. The van der Waals surface area contributed by atoms with Gasteiger partial charge in [-0.1, -0.05) is 23.7 Å². The molecule has 0 spiro atoms. The molecule has 0 aromatic heterocycles. The summed E-state index contributed by atoms with van der Waals surface area (Å²) in [5.41, 5.74) is 1.38. The number of anilines is 1. The van der Waals surface area contributed by atoms with Crippen molar-refractivity contribution < 1.29 is 14.3 Å². The van der Waals surface area contributed by atoms with Crippen molar-refractivity contribution >= 4 is 29.1 Å². The van der Waals surface area contributed by atoms with Gasteiger partial charge in [-0.15, -0.1) is 0 Å². The van der Waals surface area contributed by atoms with Crippen molar-refractivity contribution in [1.82, 2.24) is 5.32 Å². The van der Waals surface area contributed by atoms with E-state index in [9.17, 15) is 9.59 Å². The predicted molar refractivity (Wildman–Crippen MR) is 94.1 cm³/mol. The fourth-order valence-electron chi connectivity index (χ4n) is 1.94. The van der Waals surface area contributed by atoms with E-state index in [0.717, 1.165) is 5.56 Å². The van der Waals surface area contributed by atoms with Gasteiger partial charge in [0.05, 0.1) is 6.10 Å². The average molecular weight is 347 g/mol. The highest BCUT2D eigenvalue weighted by molar-refractivity contribution is 6.39. The van der Waals surface area contributed by atoms with E-state index in [1.807, 2.05) is 13.8 Å². The summed E-state index contributed by atoms with van der Waals surface area (Å²) >= 11 is 5.79. The van der Waals surface area contributed by atoms with Crippen LogP contribution in [0.25, 0.3) is 0 Å². The first-order valence-electron chi connectivity index (χ1n) is 7.54. The molecule has 0 bridgehead atoms. The van der Waals surface area contributed by atoms with Gasteiger partial charge in [0.25, 0.3) is 0 Å². The molecule has 0 fully saturated rings. The number of hydrogen-bond acceptors (Lipinski definition) is 3. The van der Waals surface area contributed by atoms with E-state index in [0.29, 0.717) is 16.5 Å². The van der Waals surface area contributed by atoms with Crippen molar-refractivity contribution in [2.75, 3.05) is 5.32 Å². The van der Waals surface area contributed by atoms with Gasteiger partial charge in [0.1, 0.15) is 5.75 Å².